The number of hydrogen-bond acceptors (Lipinski definition) is 2. The predicted octanol–water partition coefficient (Wildman–Crippen LogP) is 3.84. The van der Waals surface area contributed by atoms with Gasteiger partial charge in [0.25, 0.3) is 0 Å². The van der Waals surface area contributed by atoms with Crippen LogP contribution in [0.15, 0.2) is 54.6 Å². The summed E-state index contributed by atoms with van der Waals surface area (Å²) in [4.78, 5) is 28.0. The SMILES string of the molecule is CCC(CC)NC(=O)C[C@]1(Cc2ccccc2)C(=O)N(C)c2ccccc21. The summed E-state index contributed by atoms with van der Waals surface area (Å²) in [6, 6.07) is 17.9. The summed E-state index contributed by atoms with van der Waals surface area (Å²) >= 11 is 0. The van der Waals surface area contributed by atoms with Gasteiger partial charge in [0.05, 0.1) is 5.41 Å². The van der Waals surface area contributed by atoms with Gasteiger partial charge in [0.2, 0.25) is 11.8 Å². The highest BCUT2D eigenvalue weighted by Gasteiger charge is 2.50. The number of nitrogens with zero attached hydrogens (tertiary/aromatic N) is 1. The lowest BCUT2D eigenvalue weighted by molar-refractivity contribution is -0.130. The van der Waals surface area contributed by atoms with Crippen LogP contribution in [-0.2, 0) is 21.4 Å². The Kier molecular flexibility index (Phi) is 5.64. The minimum absolute atomic E-state index is 0.00718. The van der Waals surface area contributed by atoms with Gasteiger partial charge in [-0.2, -0.15) is 0 Å². The van der Waals surface area contributed by atoms with Gasteiger partial charge in [-0.1, -0.05) is 62.4 Å². The van der Waals surface area contributed by atoms with Crippen LogP contribution in [0.1, 0.15) is 44.2 Å². The monoisotopic (exact) mass is 364 g/mol. The first-order valence-corrected chi connectivity index (χ1v) is 9.72. The maximum atomic E-state index is 13.4. The first-order valence-electron chi connectivity index (χ1n) is 9.72. The minimum atomic E-state index is -0.858. The van der Waals surface area contributed by atoms with Crippen molar-refractivity contribution in [2.75, 3.05) is 11.9 Å². The highest BCUT2D eigenvalue weighted by molar-refractivity contribution is 6.09. The quantitative estimate of drug-likeness (QED) is 0.811. The van der Waals surface area contributed by atoms with Crippen molar-refractivity contribution in [3.63, 3.8) is 0 Å². The Morgan fingerprint density at radius 1 is 1.04 bits per heavy atom. The fourth-order valence-corrected chi connectivity index (χ4v) is 4.11. The fourth-order valence-electron chi connectivity index (χ4n) is 4.11. The molecule has 1 aliphatic heterocycles. The van der Waals surface area contributed by atoms with Gasteiger partial charge < -0.3 is 10.2 Å². The Labute approximate surface area is 161 Å². The zero-order valence-electron chi connectivity index (χ0n) is 16.4. The molecule has 1 atom stereocenters. The third kappa shape index (κ3) is 3.61. The number of fused-ring (bicyclic) bond motifs is 1. The molecule has 0 spiro atoms. The number of rotatable bonds is 7. The second-order valence-corrected chi connectivity index (χ2v) is 7.38. The van der Waals surface area contributed by atoms with Crippen LogP contribution in [0.2, 0.25) is 0 Å². The van der Waals surface area contributed by atoms with Crippen molar-refractivity contribution in [3.8, 4) is 0 Å². The Morgan fingerprint density at radius 2 is 1.67 bits per heavy atom. The van der Waals surface area contributed by atoms with Crippen LogP contribution in [0.5, 0.6) is 0 Å². The van der Waals surface area contributed by atoms with E-state index in [1.807, 2.05) is 54.6 Å². The first kappa shape index (κ1) is 19.2. The molecule has 0 saturated heterocycles. The van der Waals surface area contributed by atoms with Gasteiger partial charge in [0.1, 0.15) is 0 Å². The van der Waals surface area contributed by atoms with Crippen LogP contribution in [0.25, 0.3) is 0 Å². The summed E-state index contributed by atoms with van der Waals surface area (Å²) in [5.74, 6) is -0.0645. The van der Waals surface area contributed by atoms with Gasteiger partial charge in [0, 0.05) is 25.2 Å². The number of carbonyl (C=O) groups excluding carboxylic acids is 2. The molecule has 0 bridgehead atoms. The van der Waals surface area contributed by atoms with Crippen LogP contribution in [0, 0.1) is 0 Å². The van der Waals surface area contributed by atoms with E-state index < -0.39 is 5.41 Å². The van der Waals surface area contributed by atoms with Crippen LogP contribution in [0.3, 0.4) is 0 Å². The van der Waals surface area contributed by atoms with Crippen molar-refractivity contribution in [1.82, 2.24) is 5.32 Å². The Hall–Kier alpha value is -2.62. The molecule has 2 aromatic carbocycles. The predicted molar refractivity (Wildman–Crippen MR) is 109 cm³/mol. The molecule has 142 valence electrons. The second-order valence-electron chi connectivity index (χ2n) is 7.38. The van der Waals surface area contributed by atoms with E-state index in [4.69, 9.17) is 0 Å². The molecule has 2 amide bonds. The summed E-state index contributed by atoms with van der Waals surface area (Å²) in [5, 5.41) is 3.11. The summed E-state index contributed by atoms with van der Waals surface area (Å²) in [6.07, 6.45) is 2.46. The Morgan fingerprint density at radius 3 is 2.33 bits per heavy atom. The normalized spacial score (nSPS) is 18.7. The van der Waals surface area contributed by atoms with Gasteiger partial charge >= 0.3 is 0 Å². The van der Waals surface area contributed by atoms with Gasteiger partial charge in [-0.25, -0.2) is 0 Å². The van der Waals surface area contributed by atoms with E-state index in [2.05, 4.69) is 19.2 Å². The number of amides is 2. The van der Waals surface area contributed by atoms with Crippen LogP contribution in [-0.4, -0.2) is 24.9 Å². The van der Waals surface area contributed by atoms with Gasteiger partial charge in [-0.15, -0.1) is 0 Å². The number of benzene rings is 2. The molecule has 1 heterocycles. The highest BCUT2D eigenvalue weighted by atomic mass is 16.2. The van der Waals surface area contributed by atoms with Gasteiger partial charge in [-0.05, 0) is 36.5 Å². The molecule has 0 saturated carbocycles. The van der Waals surface area contributed by atoms with Crippen LogP contribution in [0.4, 0.5) is 5.69 Å². The fraction of sp³-hybridized carbons (Fsp3) is 0.391. The molecule has 1 aliphatic rings. The number of nitrogens with one attached hydrogen (secondary N) is 1. The molecule has 2 aromatic rings. The van der Waals surface area contributed by atoms with Crippen molar-refractivity contribution < 1.29 is 9.59 Å². The largest absolute Gasteiger partial charge is 0.353 e. The average molecular weight is 364 g/mol. The lowest BCUT2D eigenvalue weighted by Crippen LogP contribution is -2.46. The smallest absolute Gasteiger partial charge is 0.238 e. The molecule has 0 aromatic heterocycles. The third-order valence-corrected chi connectivity index (χ3v) is 5.66. The van der Waals surface area contributed by atoms with E-state index in [9.17, 15) is 9.59 Å². The number of hydrogen-bond donors (Lipinski definition) is 1. The molecular formula is C23H28N2O2. The van der Waals surface area contributed by atoms with Crippen molar-refractivity contribution in [3.05, 3.63) is 65.7 Å². The highest BCUT2D eigenvalue weighted by Crippen LogP contribution is 2.45. The zero-order chi connectivity index (χ0) is 19.4. The standard InChI is InChI=1S/C23H28N2O2/c1-4-18(5-2)24-21(26)16-23(15-17-11-7-6-8-12-17)19-13-9-10-14-20(19)25(3)22(23)27/h6-14,18H,4-5,15-16H2,1-3H3,(H,24,26)/t23-/m0/s1. The molecule has 0 unspecified atom stereocenters. The summed E-state index contributed by atoms with van der Waals surface area (Å²) < 4.78 is 0. The lowest BCUT2D eigenvalue weighted by Gasteiger charge is -2.29. The minimum Gasteiger partial charge on any atom is -0.353 e. The van der Waals surface area contributed by atoms with Crippen LogP contribution >= 0.6 is 0 Å². The Balaban J connectivity index is 2.00. The van der Waals surface area contributed by atoms with E-state index in [1.165, 1.54) is 0 Å². The topological polar surface area (TPSA) is 49.4 Å². The summed E-state index contributed by atoms with van der Waals surface area (Å²) in [7, 11) is 1.80. The van der Waals surface area contributed by atoms with Crippen LogP contribution < -0.4 is 10.2 Å². The molecular weight excluding hydrogens is 336 g/mol. The molecule has 4 nitrogen and oxygen atoms in total. The van der Waals surface area contributed by atoms with E-state index in [0.717, 1.165) is 29.7 Å². The maximum Gasteiger partial charge on any atom is 0.238 e. The number of likely N-dealkylation sites (N-methyl/N-ethyl adjacent to an activating group) is 1. The molecule has 0 aliphatic carbocycles. The molecule has 3 rings (SSSR count). The van der Waals surface area contributed by atoms with E-state index in [1.54, 1.807) is 11.9 Å². The van der Waals surface area contributed by atoms with E-state index in [0.29, 0.717) is 6.42 Å². The first-order chi connectivity index (χ1) is 13.0. The molecule has 0 radical (unpaired) electrons. The molecule has 1 N–H and O–H groups in total. The second kappa shape index (κ2) is 7.95. The number of carbonyl (C=O) groups is 2. The molecule has 4 heteroatoms. The van der Waals surface area contributed by atoms with Crippen molar-refractivity contribution in [1.29, 1.82) is 0 Å². The zero-order valence-corrected chi connectivity index (χ0v) is 16.4. The lowest BCUT2D eigenvalue weighted by atomic mass is 9.73. The van der Waals surface area contributed by atoms with Crippen molar-refractivity contribution in [2.24, 2.45) is 0 Å². The van der Waals surface area contributed by atoms with E-state index in [-0.39, 0.29) is 24.3 Å². The van der Waals surface area contributed by atoms with Crippen molar-refractivity contribution in [2.45, 2.75) is 51.0 Å². The average Bonchev–Trinajstić information content (AvgIpc) is 2.89. The van der Waals surface area contributed by atoms with Crippen molar-refractivity contribution >= 4 is 17.5 Å². The maximum absolute atomic E-state index is 13.4. The molecule has 0 fully saturated rings. The Bertz CT molecular complexity index is 814. The van der Waals surface area contributed by atoms with E-state index >= 15 is 0 Å². The summed E-state index contributed by atoms with van der Waals surface area (Å²) in [6.45, 7) is 4.13. The third-order valence-electron chi connectivity index (χ3n) is 5.66. The number of anilines is 1. The van der Waals surface area contributed by atoms with Gasteiger partial charge in [0.15, 0.2) is 0 Å². The van der Waals surface area contributed by atoms with Gasteiger partial charge in [-0.3, -0.25) is 9.59 Å². The summed E-state index contributed by atoms with van der Waals surface area (Å²) in [5.41, 5.74) is 2.05. The number of para-hydroxylation sites is 1. The molecule has 27 heavy (non-hydrogen) atoms.